The number of benzene rings is 1. The first-order valence-corrected chi connectivity index (χ1v) is 7.93. The number of carbonyl (C=O) groups excluding carboxylic acids is 1. The molecule has 1 fully saturated rings. The summed E-state index contributed by atoms with van der Waals surface area (Å²) in [5.74, 6) is 0.328. The van der Waals surface area contributed by atoms with Gasteiger partial charge in [0.25, 0.3) is 0 Å². The molecule has 0 N–H and O–H groups in total. The van der Waals surface area contributed by atoms with Crippen LogP contribution in [0.5, 0.6) is 0 Å². The van der Waals surface area contributed by atoms with E-state index in [4.69, 9.17) is 4.74 Å². The van der Waals surface area contributed by atoms with Crippen molar-refractivity contribution < 1.29 is 9.53 Å². The third-order valence-corrected chi connectivity index (χ3v) is 3.95. The van der Waals surface area contributed by atoms with E-state index in [-0.39, 0.29) is 11.9 Å². The standard InChI is InChI=1S/C18H27NO2/c1-6-19(7-2)14-10-8-13(9-11-14)15-12-16(15)17(20)21-18(3,4)5/h8-11,15-16H,6-7,12H2,1-5H3/t15-,16+/m1/s1. The Kier molecular flexibility index (Phi) is 4.60. The van der Waals surface area contributed by atoms with Crippen LogP contribution in [0.15, 0.2) is 24.3 Å². The predicted molar refractivity (Wildman–Crippen MR) is 86.7 cm³/mol. The maximum Gasteiger partial charge on any atom is 0.310 e. The summed E-state index contributed by atoms with van der Waals surface area (Å²) in [7, 11) is 0. The smallest absolute Gasteiger partial charge is 0.310 e. The highest BCUT2D eigenvalue weighted by atomic mass is 16.6. The minimum Gasteiger partial charge on any atom is -0.460 e. The van der Waals surface area contributed by atoms with Gasteiger partial charge in [-0.3, -0.25) is 4.79 Å². The Hall–Kier alpha value is -1.51. The SMILES string of the molecule is CCN(CC)c1ccc([C@H]2C[C@@H]2C(=O)OC(C)(C)C)cc1. The predicted octanol–water partition coefficient (Wildman–Crippen LogP) is 3.98. The lowest BCUT2D eigenvalue weighted by Crippen LogP contribution is -2.25. The second kappa shape index (κ2) is 6.08. The summed E-state index contributed by atoms with van der Waals surface area (Å²) in [6, 6.07) is 8.63. The second-order valence-corrected chi connectivity index (χ2v) is 6.75. The van der Waals surface area contributed by atoms with Gasteiger partial charge in [-0.2, -0.15) is 0 Å². The Labute approximate surface area is 128 Å². The number of hydrogen-bond acceptors (Lipinski definition) is 3. The number of carbonyl (C=O) groups is 1. The number of nitrogens with zero attached hydrogens (tertiary/aromatic N) is 1. The molecule has 1 saturated carbocycles. The highest BCUT2D eigenvalue weighted by Crippen LogP contribution is 2.48. The summed E-state index contributed by atoms with van der Waals surface area (Å²) in [6.45, 7) is 12.1. The lowest BCUT2D eigenvalue weighted by molar-refractivity contribution is -0.156. The fraction of sp³-hybridized carbons (Fsp3) is 0.611. The Morgan fingerprint density at radius 2 is 1.76 bits per heavy atom. The molecule has 0 heterocycles. The van der Waals surface area contributed by atoms with Gasteiger partial charge < -0.3 is 9.64 Å². The average Bonchev–Trinajstić information content (AvgIpc) is 3.19. The first-order valence-electron chi connectivity index (χ1n) is 7.93. The van der Waals surface area contributed by atoms with Gasteiger partial charge in [-0.1, -0.05) is 12.1 Å². The molecule has 0 aliphatic heterocycles. The van der Waals surface area contributed by atoms with Crippen LogP contribution in [0.1, 0.15) is 52.5 Å². The van der Waals surface area contributed by atoms with Crippen molar-refractivity contribution in [1.29, 1.82) is 0 Å². The van der Waals surface area contributed by atoms with Crippen molar-refractivity contribution in [2.45, 2.75) is 52.6 Å². The third kappa shape index (κ3) is 3.99. The van der Waals surface area contributed by atoms with Crippen LogP contribution in [-0.4, -0.2) is 24.7 Å². The molecule has 1 aliphatic rings. The Bertz CT molecular complexity index is 483. The van der Waals surface area contributed by atoms with Crippen molar-refractivity contribution in [3.63, 3.8) is 0 Å². The topological polar surface area (TPSA) is 29.5 Å². The van der Waals surface area contributed by atoms with Gasteiger partial charge in [0.2, 0.25) is 0 Å². The summed E-state index contributed by atoms with van der Waals surface area (Å²) in [6.07, 6.45) is 0.916. The summed E-state index contributed by atoms with van der Waals surface area (Å²) < 4.78 is 5.46. The number of anilines is 1. The van der Waals surface area contributed by atoms with E-state index in [1.807, 2.05) is 20.8 Å². The van der Waals surface area contributed by atoms with Gasteiger partial charge in [-0.05, 0) is 64.7 Å². The van der Waals surface area contributed by atoms with Gasteiger partial charge in [-0.25, -0.2) is 0 Å². The first kappa shape index (κ1) is 15.9. The maximum absolute atomic E-state index is 12.0. The van der Waals surface area contributed by atoms with Crippen LogP contribution in [0.25, 0.3) is 0 Å². The zero-order valence-corrected chi connectivity index (χ0v) is 13.8. The molecule has 3 heteroatoms. The molecular formula is C18H27NO2. The highest BCUT2D eigenvalue weighted by molar-refractivity contribution is 5.77. The van der Waals surface area contributed by atoms with Crippen LogP contribution in [0.2, 0.25) is 0 Å². The first-order chi connectivity index (χ1) is 9.85. The van der Waals surface area contributed by atoms with Crippen LogP contribution in [0, 0.1) is 5.92 Å². The van der Waals surface area contributed by atoms with E-state index in [9.17, 15) is 4.79 Å². The average molecular weight is 289 g/mol. The van der Waals surface area contributed by atoms with E-state index < -0.39 is 5.60 Å². The van der Waals surface area contributed by atoms with E-state index in [0.29, 0.717) is 5.92 Å². The molecule has 0 spiro atoms. The van der Waals surface area contributed by atoms with E-state index in [2.05, 4.69) is 43.0 Å². The molecule has 0 unspecified atom stereocenters. The molecular weight excluding hydrogens is 262 g/mol. The molecule has 2 atom stereocenters. The molecule has 1 aliphatic carbocycles. The Morgan fingerprint density at radius 1 is 1.19 bits per heavy atom. The molecule has 1 aromatic carbocycles. The molecule has 0 bridgehead atoms. The summed E-state index contributed by atoms with van der Waals surface area (Å²) >= 11 is 0. The normalized spacial score (nSPS) is 21.0. The fourth-order valence-electron chi connectivity index (χ4n) is 2.72. The molecule has 0 amide bonds. The van der Waals surface area contributed by atoms with Gasteiger partial charge in [0.05, 0.1) is 5.92 Å². The van der Waals surface area contributed by atoms with Gasteiger partial charge in [0.1, 0.15) is 5.60 Å². The Morgan fingerprint density at radius 3 is 2.24 bits per heavy atom. The van der Waals surface area contributed by atoms with Crippen molar-refractivity contribution >= 4 is 11.7 Å². The van der Waals surface area contributed by atoms with E-state index >= 15 is 0 Å². The van der Waals surface area contributed by atoms with Crippen LogP contribution in [-0.2, 0) is 9.53 Å². The molecule has 0 radical (unpaired) electrons. The molecule has 116 valence electrons. The van der Waals surface area contributed by atoms with Crippen LogP contribution in [0.4, 0.5) is 5.69 Å². The van der Waals surface area contributed by atoms with Crippen LogP contribution < -0.4 is 4.90 Å². The summed E-state index contributed by atoms with van der Waals surface area (Å²) in [5, 5.41) is 0. The quantitative estimate of drug-likeness (QED) is 0.768. The van der Waals surface area contributed by atoms with Gasteiger partial charge in [0.15, 0.2) is 0 Å². The van der Waals surface area contributed by atoms with Crippen molar-refractivity contribution in [3.05, 3.63) is 29.8 Å². The van der Waals surface area contributed by atoms with Crippen molar-refractivity contribution in [1.82, 2.24) is 0 Å². The summed E-state index contributed by atoms with van der Waals surface area (Å²) in [4.78, 5) is 14.4. The number of hydrogen-bond donors (Lipinski definition) is 0. The van der Waals surface area contributed by atoms with Crippen molar-refractivity contribution in [2.24, 2.45) is 5.92 Å². The molecule has 0 aromatic heterocycles. The van der Waals surface area contributed by atoms with Gasteiger partial charge >= 0.3 is 5.97 Å². The van der Waals surface area contributed by atoms with Crippen molar-refractivity contribution in [2.75, 3.05) is 18.0 Å². The largest absolute Gasteiger partial charge is 0.460 e. The number of esters is 1. The van der Waals surface area contributed by atoms with Crippen LogP contribution in [0.3, 0.4) is 0 Å². The van der Waals surface area contributed by atoms with E-state index in [1.54, 1.807) is 0 Å². The number of rotatable bonds is 5. The van der Waals surface area contributed by atoms with Gasteiger partial charge in [0, 0.05) is 18.8 Å². The van der Waals surface area contributed by atoms with E-state index in [0.717, 1.165) is 19.5 Å². The Balaban J connectivity index is 1.97. The monoisotopic (exact) mass is 289 g/mol. The molecule has 1 aromatic rings. The zero-order chi connectivity index (χ0) is 15.6. The minimum atomic E-state index is -0.392. The molecule has 21 heavy (non-hydrogen) atoms. The lowest BCUT2D eigenvalue weighted by Gasteiger charge is -2.21. The zero-order valence-electron chi connectivity index (χ0n) is 13.8. The fourth-order valence-corrected chi connectivity index (χ4v) is 2.72. The van der Waals surface area contributed by atoms with Crippen molar-refractivity contribution in [3.8, 4) is 0 Å². The highest BCUT2D eigenvalue weighted by Gasteiger charge is 2.46. The molecule has 0 saturated heterocycles. The summed E-state index contributed by atoms with van der Waals surface area (Å²) in [5.41, 5.74) is 2.11. The van der Waals surface area contributed by atoms with E-state index in [1.165, 1.54) is 11.3 Å². The molecule has 3 nitrogen and oxygen atoms in total. The lowest BCUT2D eigenvalue weighted by atomic mass is 10.1. The molecule has 2 rings (SSSR count). The van der Waals surface area contributed by atoms with Gasteiger partial charge in [-0.15, -0.1) is 0 Å². The maximum atomic E-state index is 12.0. The second-order valence-electron chi connectivity index (χ2n) is 6.75. The minimum absolute atomic E-state index is 0.0449. The van der Waals surface area contributed by atoms with Crippen LogP contribution >= 0.6 is 0 Å². The number of ether oxygens (including phenoxy) is 1. The third-order valence-electron chi connectivity index (χ3n) is 3.95.